The molecule has 0 aromatic carbocycles. The van der Waals surface area contributed by atoms with Gasteiger partial charge in [-0.2, -0.15) is 0 Å². The highest BCUT2D eigenvalue weighted by Crippen LogP contribution is 2.19. The van der Waals surface area contributed by atoms with Gasteiger partial charge in [0, 0.05) is 25.5 Å². The molecule has 1 amide bonds. The summed E-state index contributed by atoms with van der Waals surface area (Å²) < 4.78 is 0. The van der Waals surface area contributed by atoms with E-state index in [-0.39, 0.29) is 11.8 Å². The Morgan fingerprint density at radius 3 is 2.56 bits per heavy atom. The molecule has 1 aromatic rings. The highest BCUT2D eigenvalue weighted by molar-refractivity contribution is 5.94. The molecular formula is C12H15N3O3. The van der Waals surface area contributed by atoms with Crippen LogP contribution in [0.1, 0.15) is 23.2 Å². The highest BCUT2D eigenvalue weighted by Gasteiger charge is 2.27. The molecule has 18 heavy (non-hydrogen) atoms. The van der Waals surface area contributed by atoms with Crippen molar-refractivity contribution in [2.24, 2.45) is 5.92 Å². The molecule has 0 atom stereocenters. The van der Waals surface area contributed by atoms with Crippen LogP contribution in [0.5, 0.6) is 0 Å². The first-order valence-electron chi connectivity index (χ1n) is 5.80. The number of rotatable bonds is 2. The van der Waals surface area contributed by atoms with Crippen LogP contribution in [0.3, 0.4) is 0 Å². The van der Waals surface area contributed by atoms with E-state index in [9.17, 15) is 9.59 Å². The predicted octanol–water partition coefficient (Wildman–Crippen LogP) is 0.601. The molecular weight excluding hydrogens is 234 g/mol. The Morgan fingerprint density at radius 1 is 1.33 bits per heavy atom. The van der Waals surface area contributed by atoms with Gasteiger partial charge >= 0.3 is 5.97 Å². The molecule has 1 fully saturated rings. The minimum atomic E-state index is -0.785. The van der Waals surface area contributed by atoms with Crippen LogP contribution in [0.2, 0.25) is 0 Å². The van der Waals surface area contributed by atoms with Crippen molar-refractivity contribution in [2.45, 2.75) is 12.8 Å². The van der Waals surface area contributed by atoms with Crippen LogP contribution in [-0.2, 0) is 4.79 Å². The Morgan fingerprint density at radius 2 is 2.00 bits per heavy atom. The van der Waals surface area contributed by atoms with Crippen molar-refractivity contribution >= 4 is 17.6 Å². The fourth-order valence-electron chi connectivity index (χ4n) is 2.09. The molecule has 0 bridgehead atoms. The zero-order valence-electron chi connectivity index (χ0n) is 9.87. The summed E-state index contributed by atoms with van der Waals surface area (Å²) in [4.78, 5) is 28.5. The number of anilines is 1. The fraction of sp³-hybridized carbons (Fsp3) is 0.417. The van der Waals surface area contributed by atoms with E-state index in [1.165, 1.54) is 12.4 Å². The van der Waals surface area contributed by atoms with Crippen LogP contribution in [-0.4, -0.2) is 40.0 Å². The minimum Gasteiger partial charge on any atom is -0.481 e. The van der Waals surface area contributed by atoms with Gasteiger partial charge in [0.05, 0.1) is 17.2 Å². The average molecular weight is 249 g/mol. The van der Waals surface area contributed by atoms with Crippen molar-refractivity contribution in [3.8, 4) is 0 Å². The molecule has 0 aliphatic carbocycles. The van der Waals surface area contributed by atoms with Crippen LogP contribution >= 0.6 is 0 Å². The number of piperidine rings is 1. The van der Waals surface area contributed by atoms with Gasteiger partial charge in [-0.25, -0.2) is 0 Å². The third-order valence-electron chi connectivity index (χ3n) is 3.14. The maximum atomic E-state index is 12.1. The van der Waals surface area contributed by atoms with Gasteiger partial charge in [-0.15, -0.1) is 0 Å². The van der Waals surface area contributed by atoms with Crippen molar-refractivity contribution in [1.29, 1.82) is 0 Å². The van der Waals surface area contributed by atoms with E-state index < -0.39 is 5.97 Å². The number of aromatic nitrogens is 1. The van der Waals surface area contributed by atoms with Crippen molar-refractivity contribution < 1.29 is 14.7 Å². The molecule has 1 saturated heterocycles. The maximum absolute atomic E-state index is 12.1. The van der Waals surface area contributed by atoms with Gasteiger partial charge in [-0.3, -0.25) is 14.6 Å². The number of nitrogen functional groups attached to an aromatic ring is 1. The van der Waals surface area contributed by atoms with E-state index in [1.54, 1.807) is 11.0 Å². The van der Waals surface area contributed by atoms with Crippen molar-refractivity contribution in [2.75, 3.05) is 18.8 Å². The smallest absolute Gasteiger partial charge is 0.306 e. The van der Waals surface area contributed by atoms with Crippen molar-refractivity contribution in [3.63, 3.8) is 0 Å². The lowest BCUT2D eigenvalue weighted by molar-refractivity contribution is -0.143. The number of nitrogens with two attached hydrogens (primary N) is 1. The number of carbonyl (C=O) groups excluding carboxylic acids is 1. The van der Waals surface area contributed by atoms with Gasteiger partial charge in [0.25, 0.3) is 5.91 Å². The number of carboxylic acid groups (broad SMARTS) is 1. The van der Waals surface area contributed by atoms with Crippen molar-refractivity contribution in [3.05, 3.63) is 24.0 Å². The van der Waals surface area contributed by atoms with Crippen LogP contribution in [0.25, 0.3) is 0 Å². The SMILES string of the molecule is Nc1cncc(C(=O)N2CCC(C(=O)O)CC2)c1. The second-order valence-electron chi connectivity index (χ2n) is 4.41. The first-order chi connectivity index (χ1) is 8.58. The van der Waals surface area contributed by atoms with Gasteiger partial charge in [0.15, 0.2) is 0 Å². The second kappa shape index (κ2) is 5.03. The van der Waals surface area contributed by atoms with E-state index in [4.69, 9.17) is 10.8 Å². The summed E-state index contributed by atoms with van der Waals surface area (Å²) in [5.41, 5.74) is 6.47. The zero-order valence-corrected chi connectivity index (χ0v) is 9.87. The lowest BCUT2D eigenvalue weighted by Crippen LogP contribution is -2.40. The summed E-state index contributed by atoms with van der Waals surface area (Å²) in [7, 11) is 0. The molecule has 1 aliphatic rings. The molecule has 0 saturated carbocycles. The molecule has 1 aliphatic heterocycles. The van der Waals surface area contributed by atoms with E-state index in [0.717, 1.165) is 0 Å². The quantitative estimate of drug-likeness (QED) is 0.800. The third-order valence-corrected chi connectivity index (χ3v) is 3.14. The number of aliphatic carboxylic acids is 1. The summed E-state index contributed by atoms with van der Waals surface area (Å²) in [5, 5.41) is 8.89. The van der Waals surface area contributed by atoms with Crippen molar-refractivity contribution in [1.82, 2.24) is 9.88 Å². The Bertz CT molecular complexity index is 467. The molecule has 0 spiro atoms. The first kappa shape index (κ1) is 12.3. The molecule has 96 valence electrons. The summed E-state index contributed by atoms with van der Waals surface area (Å²) in [6, 6.07) is 1.58. The predicted molar refractivity (Wildman–Crippen MR) is 64.9 cm³/mol. The van der Waals surface area contributed by atoms with E-state index in [2.05, 4.69) is 4.98 Å². The zero-order chi connectivity index (χ0) is 13.1. The van der Waals surface area contributed by atoms with Crippen LogP contribution < -0.4 is 5.73 Å². The molecule has 0 radical (unpaired) electrons. The van der Waals surface area contributed by atoms with E-state index in [0.29, 0.717) is 37.2 Å². The van der Waals surface area contributed by atoms with E-state index in [1.807, 2.05) is 0 Å². The average Bonchev–Trinajstić information content (AvgIpc) is 2.38. The van der Waals surface area contributed by atoms with Crippen LogP contribution in [0.4, 0.5) is 5.69 Å². The summed E-state index contributed by atoms with van der Waals surface area (Å²) >= 11 is 0. The number of nitrogens with zero attached hydrogens (tertiary/aromatic N) is 2. The maximum Gasteiger partial charge on any atom is 0.306 e. The first-order valence-corrected chi connectivity index (χ1v) is 5.80. The molecule has 3 N–H and O–H groups in total. The minimum absolute atomic E-state index is 0.140. The standard InChI is InChI=1S/C12H15N3O3/c13-10-5-9(6-14-7-10)11(16)15-3-1-8(2-4-15)12(17)18/h5-8H,1-4,13H2,(H,17,18). The number of pyridine rings is 1. The molecule has 0 unspecified atom stereocenters. The topological polar surface area (TPSA) is 96.5 Å². The summed E-state index contributed by atoms with van der Waals surface area (Å²) in [5.74, 6) is -1.26. The van der Waals surface area contributed by atoms with E-state index >= 15 is 0 Å². The van der Waals surface area contributed by atoms with Gasteiger partial charge in [-0.05, 0) is 18.9 Å². The van der Waals surface area contributed by atoms with Gasteiger partial charge in [0.2, 0.25) is 0 Å². The lowest BCUT2D eigenvalue weighted by atomic mass is 9.97. The van der Waals surface area contributed by atoms with Crippen LogP contribution in [0.15, 0.2) is 18.5 Å². The number of carbonyl (C=O) groups is 2. The molecule has 6 heteroatoms. The number of hydrogen-bond acceptors (Lipinski definition) is 4. The normalized spacial score (nSPS) is 16.6. The Kier molecular flexibility index (Phi) is 3.45. The Balaban J connectivity index is 2.02. The molecule has 2 heterocycles. The Labute approximate surface area is 104 Å². The highest BCUT2D eigenvalue weighted by atomic mass is 16.4. The largest absolute Gasteiger partial charge is 0.481 e. The molecule has 6 nitrogen and oxygen atoms in total. The fourth-order valence-corrected chi connectivity index (χ4v) is 2.09. The van der Waals surface area contributed by atoms with Gasteiger partial charge < -0.3 is 15.7 Å². The monoisotopic (exact) mass is 249 g/mol. The number of carboxylic acids is 1. The lowest BCUT2D eigenvalue weighted by Gasteiger charge is -2.30. The van der Waals surface area contributed by atoms with Gasteiger partial charge in [-0.1, -0.05) is 0 Å². The summed E-state index contributed by atoms with van der Waals surface area (Å²) in [6.45, 7) is 0.926. The third kappa shape index (κ3) is 2.58. The number of hydrogen-bond donors (Lipinski definition) is 2. The number of likely N-dealkylation sites (tertiary alicyclic amines) is 1. The number of amides is 1. The van der Waals surface area contributed by atoms with Crippen LogP contribution in [0, 0.1) is 5.92 Å². The molecule has 1 aromatic heterocycles. The second-order valence-corrected chi connectivity index (χ2v) is 4.41. The molecule has 2 rings (SSSR count). The Hall–Kier alpha value is -2.11. The van der Waals surface area contributed by atoms with Gasteiger partial charge in [0.1, 0.15) is 0 Å². The summed E-state index contributed by atoms with van der Waals surface area (Å²) in [6.07, 6.45) is 3.95.